The number of hydrogen-bond acceptors (Lipinski definition) is 3. The van der Waals surface area contributed by atoms with Gasteiger partial charge in [0, 0.05) is 6.92 Å². The van der Waals surface area contributed by atoms with Crippen LogP contribution in [0.15, 0.2) is 4.40 Å². The summed E-state index contributed by atoms with van der Waals surface area (Å²) in [6, 6.07) is 0. The van der Waals surface area contributed by atoms with E-state index in [4.69, 9.17) is 0 Å². The molecule has 0 aliphatic carbocycles. The molecule has 5 heteroatoms. The van der Waals surface area contributed by atoms with Crippen molar-refractivity contribution >= 4 is 17.2 Å². The van der Waals surface area contributed by atoms with E-state index >= 15 is 0 Å². The summed E-state index contributed by atoms with van der Waals surface area (Å²) in [4.78, 5) is 0. The highest BCUT2D eigenvalue weighted by Gasteiger charge is 1.92. The average molecular weight is 151 g/mol. The fourth-order valence-electron chi connectivity index (χ4n) is 0.180. The molecule has 1 unspecified atom stereocenters. The first-order valence-corrected chi connectivity index (χ1v) is 3.29. The van der Waals surface area contributed by atoms with Gasteiger partial charge >= 0.3 is 0 Å². The van der Waals surface area contributed by atoms with Gasteiger partial charge in [-0.05, 0) is 0 Å². The third-order valence-electron chi connectivity index (χ3n) is 0.641. The van der Waals surface area contributed by atoms with E-state index in [1.807, 2.05) is 0 Å². The van der Waals surface area contributed by atoms with Crippen LogP contribution in [-0.4, -0.2) is 24.3 Å². The van der Waals surface area contributed by atoms with Crippen molar-refractivity contribution in [1.82, 2.24) is 0 Å². The second kappa shape index (κ2) is 4.46. The van der Waals surface area contributed by atoms with Gasteiger partial charge < -0.3 is 4.74 Å². The first kappa shape index (κ1) is 8.58. The maximum atomic E-state index is 10.4. The Hall–Kier alpha value is -0.420. The third kappa shape index (κ3) is 4.11. The number of methoxy groups -OCH3 is 1. The zero-order valence-corrected chi connectivity index (χ0v) is 6.40. The molecule has 0 bridgehead atoms. The maximum absolute atomic E-state index is 10.4. The summed E-state index contributed by atoms with van der Waals surface area (Å²) < 4.78 is 22.8. The zero-order valence-electron chi connectivity index (χ0n) is 5.58. The molecule has 4 nitrogen and oxygen atoms in total. The van der Waals surface area contributed by atoms with E-state index in [9.17, 15) is 4.21 Å². The summed E-state index contributed by atoms with van der Waals surface area (Å²) in [6.07, 6.45) is 0. The summed E-state index contributed by atoms with van der Waals surface area (Å²) in [5.41, 5.74) is 0. The van der Waals surface area contributed by atoms with E-state index in [1.165, 1.54) is 14.2 Å². The summed E-state index contributed by atoms with van der Waals surface area (Å²) >= 11 is -1.59. The van der Waals surface area contributed by atoms with Gasteiger partial charge in [-0.2, -0.15) is 0 Å². The quantitative estimate of drug-likeness (QED) is 0.420. The molecule has 0 aliphatic rings. The van der Waals surface area contributed by atoms with Crippen molar-refractivity contribution in [1.29, 1.82) is 0 Å². The van der Waals surface area contributed by atoms with Crippen molar-refractivity contribution in [2.75, 3.05) is 14.2 Å². The maximum Gasteiger partial charge on any atom is 0.287 e. The Morgan fingerprint density at radius 1 is 1.56 bits per heavy atom. The molecule has 0 saturated carbocycles. The molecule has 0 amide bonds. The molecule has 0 fully saturated rings. The molecular formula is C4H9NO3S. The monoisotopic (exact) mass is 151 g/mol. The Labute approximate surface area is 56.7 Å². The van der Waals surface area contributed by atoms with E-state index in [1.54, 1.807) is 6.92 Å². The molecule has 54 valence electrons. The molecule has 0 saturated heterocycles. The molecule has 0 N–H and O–H groups in total. The van der Waals surface area contributed by atoms with Gasteiger partial charge in [-0.3, -0.25) is 4.18 Å². The zero-order chi connectivity index (χ0) is 7.28. The van der Waals surface area contributed by atoms with Crippen LogP contribution in [0.1, 0.15) is 6.92 Å². The fourth-order valence-corrected chi connectivity index (χ4v) is 0.539. The smallest absolute Gasteiger partial charge is 0.287 e. The van der Waals surface area contributed by atoms with E-state index in [0.29, 0.717) is 5.90 Å². The van der Waals surface area contributed by atoms with Crippen molar-refractivity contribution in [2.24, 2.45) is 4.40 Å². The van der Waals surface area contributed by atoms with E-state index in [0.717, 1.165) is 0 Å². The lowest BCUT2D eigenvalue weighted by Gasteiger charge is -1.94. The lowest BCUT2D eigenvalue weighted by Crippen LogP contribution is -1.97. The summed E-state index contributed by atoms with van der Waals surface area (Å²) in [7, 11) is 2.76. The summed E-state index contributed by atoms with van der Waals surface area (Å²) in [6.45, 7) is 1.59. The normalized spacial score (nSPS) is 15.2. The molecule has 0 rings (SSSR count). The molecule has 0 spiro atoms. The lowest BCUT2D eigenvalue weighted by atomic mass is 10.8. The predicted octanol–water partition coefficient (Wildman–Crippen LogP) is 0.276. The highest BCUT2D eigenvalue weighted by Crippen LogP contribution is 1.86. The number of ether oxygens (including phenoxy) is 1. The highest BCUT2D eigenvalue weighted by atomic mass is 32.2. The Morgan fingerprint density at radius 2 is 2.11 bits per heavy atom. The van der Waals surface area contributed by atoms with E-state index in [2.05, 4.69) is 13.3 Å². The molecule has 9 heavy (non-hydrogen) atoms. The molecule has 0 aromatic carbocycles. The topological polar surface area (TPSA) is 47.9 Å². The molecule has 1 atom stereocenters. The van der Waals surface area contributed by atoms with Crippen LogP contribution >= 0.6 is 0 Å². The van der Waals surface area contributed by atoms with Crippen molar-refractivity contribution in [2.45, 2.75) is 6.92 Å². The van der Waals surface area contributed by atoms with Gasteiger partial charge in [-0.1, -0.05) is 0 Å². The largest absolute Gasteiger partial charge is 0.484 e. The molecule has 0 aliphatic heterocycles. The van der Waals surface area contributed by atoms with Crippen LogP contribution in [-0.2, 0) is 20.2 Å². The van der Waals surface area contributed by atoms with Gasteiger partial charge in [-0.25, -0.2) is 4.21 Å². The molecular weight excluding hydrogens is 142 g/mol. The van der Waals surface area contributed by atoms with E-state index in [-0.39, 0.29) is 0 Å². The van der Waals surface area contributed by atoms with Crippen LogP contribution in [0.2, 0.25) is 0 Å². The minimum absolute atomic E-state index is 0.343. The van der Waals surface area contributed by atoms with Gasteiger partial charge in [0.1, 0.15) is 0 Å². The van der Waals surface area contributed by atoms with Crippen molar-refractivity contribution in [3.63, 3.8) is 0 Å². The highest BCUT2D eigenvalue weighted by molar-refractivity contribution is 7.78. The predicted molar refractivity (Wildman–Crippen MR) is 35.3 cm³/mol. The molecule has 0 aromatic heterocycles. The van der Waals surface area contributed by atoms with Gasteiger partial charge in [-0.15, -0.1) is 4.40 Å². The van der Waals surface area contributed by atoms with Crippen molar-refractivity contribution in [3.05, 3.63) is 0 Å². The van der Waals surface area contributed by atoms with Gasteiger partial charge in [0.2, 0.25) is 0 Å². The van der Waals surface area contributed by atoms with Crippen molar-refractivity contribution < 1.29 is 13.1 Å². The summed E-state index contributed by atoms with van der Waals surface area (Å²) in [5, 5.41) is 0. The first-order chi connectivity index (χ1) is 4.20. The van der Waals surface area contributed by atoms with Gasteiger partial charge in [0.25, 0.3) is 11.3 Å². The Morgan fingerprint density at radius 3 is 2.44 bits per heavy atom. The molecule has 0 aromatic rings. The minimum atomic E-state index is -1.59. The average Bonchev–Trinajstić information content (AvgIpc) is 1.87. The Kier molecular flexibility index (Phi) is 4.25. The number of hydrogen-bond donors (Lipinski definition) is 0. The standard InChI is InChI=1S/C4H9NO3S/c1-4(7-2)5-9(6)8-3/h1-3H3/b5-4+. The SMILES string of the molecule is CO/C(C)=N/S(=O)OC. The van der Waals surface area contributed by atoms with Crippen molar-refractivity contribution in [3.8, 4) is 0 Å². The third-order valence-corrected chi connectivity index (χ3v) is 1.33. The van der Waals surface area contributed by atoms with Crippen LogP contribution in [0.25, 0.3) is 0 Å². The van der Waals surface area contributed by atoms with Gasteiger partial charge in [0.15, 0.2) is 5.90 Å². The van der Waals surface area contributed by atoms with Gasteiger partial charge in [0.05, 0.1) is 14.2 Å². The van der Waals surface area contributed by atoms with E-state index < -0.39 is 11.3 Å². The minimum Gasteiger partial charge on any atom is -0.484 e. The fraction of sp³-hybridized carbons (Fsp3) is 0.750. The Balaban J connectivity index is 3.79. The number of nitrogens with zero attached hydrogens (tertiary/aromatic N) is 1. The molecule has 0 heterocycles. The summed E-state index contributed by atoms with van der Waals surface area (Å²) in [5.74, 6) is 0.343. The van der Waals surface area contributed by atoms with Crippen LogP contribution in [0.4, 0.5) is 0 Å². The number of rotatable bonds is 2. The first-order valence-electron chi connectivity index (χ1n) is 2.26. The lowest BCUT2D eigenvalue weighted by molar-refractivity contribution is 0.398. The molecule has 0 radical (unpaired) electrons. The van der Waals surface area contributed by atoms with Crippen LogP contribution in [0.3, 0.4) is 0 Å². The Bertz CT molecular complexity index is 134. The van der Waals surface area contributed by atoms with Crippen LogP contribution in [0, 0.1) is 0 Å². The van der Waals surface area contributed by atoms with Crippen LogP contribution < -0.4 is 0 Å². The second-order valence-corrected chi connectivity index (χ2v) is 2.15. The van der Waals surface area contributed by atoms with Crippen LogP contribution in [0.5, 0.6) is 0 Å². The second-order valence-electron chi connectivity index (χ2n) is 1.20.